The maximum absolute atomic E-state index is 12.5. The number of nitrogens with zero attached hydrogens (tertiary/aromatic N) is 1. The Bertz CT molecular complexity index is 1140. The molecule has 1 aliphatic heterocycles. The molecule has 0 bridgehead atoms. The molecule has 0 aliphatic carbocycles. The van der Waals surface area contributed by atoms with Crippen LogP contribution in [0.4, 0.5) is 0 Å². The maximum atomic E-state index is 12.5. The first kappa shape index (κ1) is 14.9. The van der Waals surface area contributed by atoms with E-state index in [1.54, 1.807) is 18.2 Å². The van der Waals surface area contributed by atoms with Crippen LogP contribution in [0, 0.1) is 0 Å². The number of H-pyrrole nitrogens is 1. The standard InChI is InChI=1S/C16H12N4O5/c21-13(9-7-25-11-5-6-17-14(22)12(9)11)19-20-15(23)8-3-1-2-4-10(8)18-16(20)24/h1-4,7H,5-6H2,(H,17,22)(H,18,24)(H,19,21). The molecule has 4 rings (SSSR count). The quantitative estimate of drug-likeness (QED) is 0.603. The summed E-state index contributed by atoms with van der Waals surface area (Å²) < 4.78 is 5.83. The van der Waals surface area contributed by atoms with Gasteiger partial charge in [0.2, 0.25) is 0 Å². The second-order valence-electron chi connectivity index (χ2n) is 5.51. The zero-order valence-corrected chi connectivity index (χ0v) is 12.8. The Morgan fingerprint density at radius 2 is 2.00 bits per heavy atom. The van der Waals surface area contributed by atoms with Gasteiger partial charge in [0, 0.05) is 13.0 Å². The molecule has 2 aromatic heterocycles. The number of fused-ring (bicyclic) bond motifs is 2. The summed E-state index contributed by atoms with van der Waals surface area (Å²) in [7, 11) is 0. The molecule has 3 aromatic rings. The van der Waals surface area contributed by atoms with Crippen LogP contribution < -0.4 is 22.0 Å². The number of benzene rings is 1. The van der Waals surface area contributed by atoms with Gasteiger partial charge in [-0.25, -0.2) is 4.79 Å². The van der Waals surface area contributed by atoms with Crippen LogP contribution in [-0.4, -0.2) is 28.0 Å². The molecule has 0 unspecified atom stereocenters. The molecule has 1 aliphatic rings. The Morgan fingerprint density at radius 3 is 2.84 bits per heavy atom. The highest BCUT2D eigenvalue weighted by molar-refractivity contribution is 6.10. The summed E-state index contributed by atoms with van der Waals surface area (Å²) in [6.07, 6.45) is 1.61. The lowest BCUT2D eigenvalue weighted by Gasteiger charge is -2.12. The van der Waals surface area contributed by atoms with E-state index in [9.17, 15) is 19.2 Å². The van der Waals surface area contributed by atoms with Crippen LogP contribution >= 0.6 is 0 Å². The van der Waals surface area contributed by atoms with Crippen LogP contribution in [0.1, 0.15) is 26.5 Å². The van der Waals surface area contributed by atoms with E-state index in [1.807, 2.05) is 0 Å². The van der Waals surface area contributed by atoms with Gasteiger partial charge in [0.05, 0.1) is 22.0 Å². The molecule has 0 atom stereocenters. The Labute approximate surface area is 139 Å². The van der Waals surface area contributed by atoms with Gasteiger partial charge in [0.1, 0.15) is 12.0 Å². The largest absolute Gasteiger partial charge is 0.468 e. The molecule has 126 valence electrons. The van der Waals surface area contributed by atoms with E-state index in [0.717, 1.165) is 6.26 Å². The van der Waals surface area contributed by atoms with Crippen molar-refractivity contribution in [1.29, 1.82) is 0 Å². The van der Waals surface area contributed by atoms with Crippen LogP contribution in [0.15, 0.2) is 44.5 Å². The van der Waals surface area contributed by atoms with E-state index in [0.29, 0.717) is 28.9 Å². The average molecular weight is 340 g/mol. The molecule has 0 fully saturated rings. The molecule has 1 aromatic carbocycles. The number of carbonyl (C=O) groups is 2. The Balaban J connectivity index is 1.77. The number of amides is 2. The average Bonchev–Trinajstić information content (AvgIpc) is 3.04. The predicted molar refractivity (Wildman–Crippen MR) is 87.3 cm³/mol. The Hall–Kier alpha value is -3.62. The van der Waals surface area contributed by atoms with Gasteiger partial charge in [-0.15, -0.1) is 0 Å². The van der Waals surface area contributed by atoms with E-state index in [2.05, 4.69) is 15.7 Å². The Morgan fingerprint density at radius 1 is 1.20 bits per heavy atom. The van der Waals surface area contributed by atoms with Crippen molar-refractivity contribution in [1.82, 2.24) is 15.0 Å². The summed E-state index contributed by atoms with van der Waals surface area (Å²) in [5, 5.41) is 2.86. The van der Waals surface area contributed by atoms with Crippen molar-refractivity contribution >= 4 is 22.7 Å². The number of para-hydroxylation sites is 1. The third-order valence-corrected chi connectivity index (χ3v) is 4.00. The van der Waals surface area contributed by atoms with Gasteiger partial charge in [-0.2, -0.15) is 4.68 Å². The van der Waals surface area contributed by atoms with Crippen molar-refractivity contribution in [2.75, 3.05) is 12.0 Å². The van der Waals surface area contributed by atoms with Crippen LogP contribution in [0.5, 0.6) is 0 Å². The van der Waals surface area contributed by atoms with Crippen LogP contribution in [0.3, 0.4) is 0 Å². The first-order valence-electron chi connectivity index (χ1n) is 7.50. The zero-order chi connectivity index (χ0) is 17.6. The second-order valence-corrected chi connectivity index (χ2v) is 5.51. The summed E-state index contributed by atoms with van der Waals surface area (Å²) in [5.41, 5.74) is 1.21. The molecule has 9 nitrogen and oxygen atoms in total. The van der Waals surface area contributed by atoms with Crippen LogP contribution in [0.2, 0.25) is 0 Å². The number of hydrogen-bond donors (Lipinski definition) is 3. The highest BCUT2D eigenvalue weighted by atomic mass is 16.3. The fourth-order valence-corrected chi connectivity index (χ4v) is 2.80. The summed E-state index contributed by atoms with van der Waals surface area (Å²) >= 11 is 0. The third kappa shape index (κ3) is 2.33. The van der Waals surface area contributed by atoms with E-state index in [1.165, 1.54) is 6.07 Å². The summed E-state index contributed by atoms with van der Waals surface area (Å²) in [4.78, 5) is 51.5. The highest BCUT2D eigenvalue weighted by Crippen LogP contribution is 2.20. The van der Waals surface area contributed by atoms with E-state index in [-0.39, 0.29) is 16.5 Å². The molecule has 25 heavy (non-hydrogen) atoms. The molecule has 9 heteroatoms. The summed E-state index contributed by atoms with van der Waals surface area (Å²) in [6.45, 7) is 0.421. The summed E-state index contributed by atoms with van der Waals surface area (Å²) in [6, 6.07) is 6.44. The fourth-order valence-electron chi connectivity index (χ4n) is 2.80. The van der Waals surface area contributed by atoms with Gasteiger partial charge in [0.15, 0.2) is 0 Å². The van der Waals surface area contributed by atoms with Crippen molar-refractivity contribution in [3.05, 3.63) is 68.3 Å². The molecule has 0 spiro atoms. The molecular formula is C16H12N4O5. The molecule has 0 saturated carbocycles. The number of hydrogen-bond acceptors (Lipinski definition) is 5. The minimum Gasteiger partial charge on any atom is -0.468 e. The molecule has 0 saturated heterocycles. The molecular weight excluding hydrogens is 328 g/mol. The number of carbonyl (C=O) groups excluding carboxylic acids is 2. The predicted octanol–water partition coefficient (Wildman–Crippen LogP) is -0.0474. The number of aromatic nitrogens is 2. The molecule has 3 N–H and O–H groups in total. The van der Waals surface area contributed by atoms with Crippen molar-refractivity contribution in [2.45, 2.75) is 6.42 Å². The first-order valence-corrected chi connectivity index (χ1v) is 7.50. The normalized spacial score (nSPS) is 13.4. The first-order chi connectivity index (χ1) is 12.1. The lowest BCUT2D eigenvalue weighted by atomic mass is 10.1. The van der Waals surface area contributed by atoms with Crippen molar-refractivity contribution in [2.24, 2.45) is 0 Å². The zero-order valence-electron chi connectivity index (χ0n) is 12.8. The van der Waals surface area contributed by atoms with Crippen LogP contribution in [-0.2, 0) is 6.42 Å². The van der Waals surface area contributed by atoms with Crippen molar-refractivity contribution < 1.29 is 14.0 Å². The molecule has 0 radical (unpaired) electrons. The Kier molecular flexibility index (Phi) is 3.27. The molecule has 3 heterocycles. The van der Waals surface area contributed by atoms with E-state index in [4.69, 9.17) is 4.42 Å². The van der Waals surface area contributed by atoms with Gasteiger partial charge in [-0.3, -0.25) is 19.8 Å². The fraction of sp³-hybridized carbons (Fsp3) is 0.125. The number of aromatic amines is 1. The number of rotatable bonds is 2. The van der Waals surface area contributed by atoms with E-state index >= 15 is 0 Å². The van der Waals surface area contributed by atoms with Gasteiger partial charge in [-0.05, 0) is 12.1 Å². The smallest absolute Gasteiger partial charge is 0.348 e. The van der Waals surface area contributed by atoms with Gasteiger partial charge in [-0.1, -0.05) is 12.1 Å². The maximum Gasteiger partial charge on any atom is 0.348 e. The second kappa shape index (κ2) is 5.48. The minimum atomic E-state index is -0.793. The van der Waals surface area contributed by atoms with Gasteiger partial charge >= 0.3 is 5.69 Å². The van der Waals surface area contributed by atoms with Crippen molar-refractivity contribution in [3.63, 3.8) is 0 Å². The van der Waals surface area contributed by atoms with Gasteiger partial charge in [0.25, 0.3) is 17.4 Å². The molecule has 2 amide bonds. The highest BCUT2D eigenvalue weighted by Gasteiger charge is 2.28. The lowest BCUT2D eigenvalue weighted by Crippen LogP contribution is -2.44. The summed E-state index contributed by atoms with van der Waals surface area (Å²) in [5.74, 6) is -0.821. The van der Waals surface area contributed by atoms with E-state index < -0.39 is 23.1 Å². The third-order valence-electron chi connectivity index (χ3n) is 4.00. The van der Waals surface area contributed by atoms with Crippen molar-refractivity contribution in [3.8, 4) is 0 Å². The topological polar surface area (TPSA) is 126 Å². The minimum absolute atomic E-state index is 0.0355. The van der Waals surface area contributed by atoms with Crippen LogP contribution in [0.25, 0.3) is 10.9 Å². The number of nitrogens with one attached hydrogen (secondary N) is 3. The monoisotopic (exact) mass is 340 g/mol. The van der Waals surface area contributed by atoms with Gasteiger partial charge < -0.3 is 14.7 Å². The lowest BCUT2D eigenvalue weighted by molar-refractivity contribution is 0.0929. The SMILES string of the molecule is O=C(Nn1c(=O)[nH]c2ccccc2c1=O)c1coc2c1C(=O)NCC2. The number of furan rings is 1.